The fourth-order valence-corrected chi connectivity index (χ4v) is 2.94. The molecule has 1 atom stereocenters. The lowest BCUT2D eigenvalue weighted by Crippen LogP contribution is -2.24. The Labute approximate surface area is 91.3 Å². The molecule has 0 saturated heterocycles. The van der Waals surface area contributed by atoms with Crippen molar-refractivity contribution in [1.29, 1.82) is 5.41 Å². The molecule has 0 bridgehead atoms. The third-order valence-corrected chi connectivity index (χ3v) is 4.02. The SMILES string of the molecule is CC1CCC(C2CCC(=N)C=C2F)CC1. The van der Waals surface area contributed by atoms with Crippen LogP contribution in [0.15, 0.2) is 11.9 Å². The number of hydrogen-bond acceptors (Lipinski definition) is 1. The van der Waals surface area contributed by atoms with Crippen molar-refractivity contribution in [2.45, 2.75) is 45.4 Å². The third-order valence-electron chi connectivity index (χ3n) is 4.02. The van der Waals surface area contributed by atoms with Gasteiger partial charge in [0.25, 0.3) is 0 Å². The lowest BCUT2D eigenvalue weighted by atomic mass is 9.73. The van der Waals surface area contributed by atoms with Gasteiger partial charge in [0.15, 0.2) is 0 Å². The van der Waals surface area contributed by atoms with Crippen molar-refractivity contribution in [2.24, 2.45) is 17.8 Å². The first kappa shape index (κ1) is 10.8. The maximum absolute atomic E-state index is 13.7. The molecule has 2 aliphatic carbocycles. The van der Waals surface area contributed by atoms with Gasteiger partial charge in [0, 0.05) is 11.6 Å². The van der Waals surface area contributed by atoms with Crippen LogP contribution in [0.3, 0.4) is 0 Å². The molecule has 15 heavy (non-hydrogen) atoms. The van der Waals surface area contributed by atoms with Crippen LogP contribution in [0, 0.1) is 23.2 Å². The molecule has 0 aliphatic heterocycles. The number of hydrogen-bond donors (Lipinski definition) is 1. The molecule has 0 aromatic heterocycles. The van der Waals surface area contributed by atoms with E-state index in [1.807, 2.05) is 0 Å². The molecule has 1 saturated carbocycles. The van der Waals surface area contributed by atoms with Crippen LogP contribution in [0.4, 0.5) is 4.39 Å². The molecule has 0 spiro atoms. The van der Waals surface area contributed by atoms with Gasteiger partial charge >= 0.3 is 0 Å². The zero-order valence-corrected chi connectivity index (χ0v) is 9.43. The summed E-state index contributed by atoms with van der Waals surface area (Å²) in [7, 11) is 0. The van der Waals surface area contributed by atoms with Crippen LogP contribution < -0.4 is 0 Å². The maximum atomic E-state index is 13.7. The molecule has 2 aliphatic rings. The van der Waals surface area contributed by atoms with Gasteiger partial charge in [0.05, 0.1) is 0 Å². The number of allylic oxidation sites excluding steroid dienone is 2. The van der Waals surface area contributed by atoms with Crippen LogP contribution >= 0.6 is 0 Å². The molecule has 1 N–H and O–H groups in total. The van der Waals surface area contributed by atoms with Crippen molar-refractivity contribution < 1.29 is 4.39 Å². The van der Waals surface area contributed by atoms with Gasteiger partial charge in [-0.3, -0.25) is 0 Å². The van der Waals surface area contributed by atoms with E-state index in [0.29, 0.717) is 11.6 Å². The second kappa shape index (κ2) is 4.46. The summed E-state index contributed by atoms with van der Waals surface area (Å²) in [5.74, 6) is 1.48. The lowest BCUT2D eigenvalue weighted by Gasteiger charge is -2.33. The quantitative estimate of drug-likeness (QED) is 0.672. The summed E-state index contributed by atoms with van der Waals surface area (Å²) < 4.78 is 13.7. The van der Waals surface area contributed by atoms with E-state index in [-0.39, 0.29) is 11.7 Å². The first-order chi connectivity index (χ1) is 7.16. The molecule has 2 rings (SSSR count). The standard InChI is InChI=1S/C13H20FN/c1-9-2-4-10(5-3-9)12-7-6-11(15)8-13(12)14/h8-10,12,15H,2-7H2,1H3. The fraction of sp³-hybridized carbons (Fsp3) is 0.769. The second-order valence-electron chi connectivity index (χ2n) is 5.22. The topological polar surface area (TPSA) is 23.9 Å². The Morgan fingerprint density at radius 1 is 1.20 bits per heavy atom. The average molecular weight is 209 g/mol. The van der Waals surface area contributed by atoms with Crippen molar-refractivity contribution >= 4 is 5.71 Å². The minimum atomic E-state index is -0.0224. The van der Waals surface area contributed by atoms with E-state index in [9.17, 15) is 4.39 Å². The Bertz CT molecular complexity index is 274. The molecule has 0 radical (unpaired) electrons. The van der Waals surface area contributed by atoms with Crippen molar-refractivity contribution in [3.05, 3.63) is 11.9 Å². The van der Waals surface area contributed by atoms with Gasteiger partial charge in [-0.05, 0) is 43.6 Å². The van der Waals surface area contributed by atoms with E-state index in [1.54, 1.807) is 0 Å². The van der Waals surface area contributed by atoms with Crippen LogP contribution in [-0.4, -0.2) is 5.71 Å². The first-order valence-electron chi connectivity index (χ1n) is 6.11. The minimum absolute atomic E-state index is 0.0224. The largest absolute Gasteiger partial charge is 0.305 e. The van der Waals surface area contributed by atoms with Gasteiger partial charge in [-0.2, -0.15) is 0 Å². The van der Waals surface area contributed by atoms with Gasteiger partial charge in [-0.1, -0.05) is 19.8 Å². The van der Waals surface area contributed by atoms with Crippen LogP contribution in [0.1, 0.15) is 45.4 Å². The van der Waals surface area contributed by atoms with E-state index in [2.05, 4.69) is 6.92 Å². The highest BCUT2D eigenvalue weighted by atomic mass is 19.1. The zero-order chi connectivity index (χ0) is 10.8. The number of halogens is 1. The second-order valence-corrected chi connectivity index (χ2v) is 5.22. The Morgan fingerprint density at radius 2 is 1.87 bits per heavy atom. The van der Waals surface area contributed by atoms with Crippen LogP contribution in [-0.2, 0) is 0 Å². The van der Waals surface area contributed by atoms with E-state index < -0.39 is 0 Å². The Hall–Kier alpha value is -0.660. The molecule has 0 aromatic rings. The highest BCUT2D eigenvalue weighted by molar-refractivity contribution is 5.93. The fourth-order valence-electron chi connectivity index (χ4n) is 2.94. The highest BCUT2D eigenvalue weighted by Crippen LogP contribution is 2.40. The van der Waals surface area contributed by atoms with Crippen molar-refractivity contribution in [2.75, 3.05) is 0 Å². The normalized spacial score (nSPS) is 37.6. The van der Waals surface area contributed by atoms with Gasteiger partial charge in [0.1, 0.15) is 5.83 Å². The van der Waals surface area contributed by atoms with Crippen molar-refractivity contribution in [3.63, 3.8) is 0 Å². The molecule has 0 aromatic carbocycles. The van der Waals surface area contributed by atoms with Gasteiger partial charge < -0.3 is 5.41 Å². The summed E-state index contributed by atoms with van der Waals surface area (Å²) in [6.07, 6.45) is 7.95. The predicted octanol–water partition coefficient (Wildman–Crippen LogP) is 4.10. The lowest BCUT2D eigenvalue weighted by molar-refractivity contribution is 0.206. The van der Waals surface area contributed by atoms with Crippen molar-refractivity contribution in [3.8, 4) is 0 Å². The summed E-state index contributed by atoms with van der Waals surface area (Å²) in [4.78, 5) is 0. The van der Waals surface area contributed by atoms with Crippen LogP contribution in [0.25, 0.3) is 0 Å². The van der Waals surface area contributed by atoms with E-state index in [0.717, 1.165) is 18.8 Å². The Kier molecular flexibility index (Phi) is 3.22. The predicted molar refractivity (Wildman–Crippen MR) is 60.8 cm³/mol. The van der Waals surface area contributed by atoms with E-state index in [4.69, 9.17) is 5.41 Å². The molecule has 0 amide bonds. The Morgan fingerprint density at radius 3 is 2.47 bits per heavy atom. The molecular weight excluding hydrogens is 189 g/mol. The van der Waals surface area contributed by atoms with Gasteiger partial charge in [-0.25, -0.2) is 4.39 Å². The summed E-state index contributed by atoms with van der Waals surface area (Å²) in [5.41, 5.74) is 0.466. The van der Waals surface area contributed by atoms with Crippen molar-refractivity contribution in [1.82, 2.24) is 0 Å². The molecule has 84 valence electrons. The summed E-state index contributed by atoms with van der Waals surface area (Å²) in [6, 6.07) is 0. The molecule has 1 unspecified atom stereocenters. The minimum Gasteiger partial charge on any atom is -0.305 e. The molecular formula is C13H20FN. The number of rotatable bonds is 1. The van der Waals surface area contributed by atoms with Crippen LogP contribution in [0.2, 0.25) is 0 Å². The average Bonchev–Trinajstić information content (AvgIpc) is 2.20. The Balaban J connectivity index is 1.99. The molecule has 1 nitrogen and oxygen atoms in total. The monoisotopic (exact) mass is 209 g/mol. The summed E-state index contributed by atoms with van der Waals surface area (Å²) in [5, 5.41) is 7.44. The molecule has 1 fully saturated rings. The summed E-state index contributed by atoms with van der Waals surface area (Å²) in [6.45, 7) is 2.29. The molecule has 2 heteroatoms. The highest BCUT2D eigenvalue weighted by Gasteiger charge is 2.30. The summed E-state index contributed by atoms with van der Waals surface area (Å²) >= 11 is 0. The maximum Gasteiger partial charge on any atom is 0.105 e. The van der Waals surface area contributed by atoms with Crippen LogP contribution in [0.5, 0.6) is 0 Å². The van der Waals surface area contributed by atoms with E-state index in [1.165, 1.54) is 31.8 Å². The van der Waals surface area contributed by atoms with E-state index >= 15 is 0 Å². The zero-order valence-electron chi connectivity index (χ0n) is 9.43. The van der Waals surface area contributed by atoms with Gasteiger partial charge in [0.2, 0.25) is 0 Å². The van der Waals surface area contributed by atoms with Gasteiger partial charge in [-0.15, -0.1) is 0 Å². The number of nitrogens with one attached hydrogen (secondary N) is 1. The molecule has 0 heterocycles. The first-order valence-corrected chi connectivity index (χ1v) is 6.11. The smallest absolute Gasteiger partial charge is 0.105 e. The third kappa shape index (κ3) is 2.47.